The van der Waals surface area contributed by atoms with Crippen molar-refractivity contribution >= 4 is 35.0 Å². The van der Waals surface area contributed by atoms with Gasteiger partial charge in [0.2, 0.25) is 23.5 Å². The minimum absolute atomic E-state index is 0.0155. The Morgan fingerprint density at radius 2 is 1.62 bits per heavy atom. The average Bonchev–Trinajstić information content (AvgIpc) is 3.30. The maximum Gasteiger partial charge on any atom is 0.241 e. The van der Waals surface area contributed by atoms with Gasteiger partial charge in [-0.25, -0.2) is 0 Å². The van der Waals surface area contributed by atoms with Crippen LogP contribution in [0, 0.1) is 0 Å². The van der Waals surface area contributed by atoms with E-state index < -0.39 is 0 Å². The van der Waals surface area contributed by atoms with Gasteiger partial charge in [-0.3, -0.25) is 9.59 Å². The fourth-order valence-electron chi connectivity index (χ4n) is 3.63. The summed E-state index contributed by atoms with van der Waals surface area (Å²) in [5.41, 5.74) is 1.68. The molecule has 166 valence electrons. The molecule has 0 saturated carbocycles. The zero-order valence-corrected chi connectivity index (χ0v) is 18.8. The Kier molecular flexibility index (Phi) is 7.07. The lowest BCUT2D eigenvalue weighted by Crippen LogP contribution is -2.44. The van der Waals surface area contributed by atoms with Crippen LogP contribution in [0.2, 0.25) is 10.0 Å². The number of amides is 2. The van der Waals surface area contributed by atoms with Crippen molar-refractivity contribution in [3.8, 4) is 11.4 Å². The zero-order chi connectivity index (χ0) is 22.5. The molecule has 1 saturated heterocycles. The summed E-state index contributed by atoms with van der Waals surface area (Å²) < 4.78 is 5.46. The van der Waals surface area contributed by atoms with Crippen LogP contribution in [0.25, 0.3) is 11.4 Å². The van der Waals surface area contributed by atoms with Gasteiger partial charge in [0.05, 0.1) is 13.0 Å². The number of nitrogens with one attached hydrogen (secondary N) is 1. The average molecular weight is 473 g/mol. The summed E-state index contributed by atoms with van der Waals surface area (Å²) in [6.07, 6.45) is 1.67. The number of rotatable bonds is 6. The molecule has 3 aromatic rings. The maximum absolute atomic E-state index is 12.5. The second kappa shape index (κ2) is 10.1. The number of hydrogen-bond donors (Lipinski definition) is 1. The van der Waals surface area contributed by atoms with Gasteiger partial charge >= 0.3 is 0 Å². The maximum atomic E-state index is 12.5. The highest BCUT2D eigenvalue weighted by Gasteiger charge is 2.27. The second-order valence-electron chi connectivity index (χ2n) is 7.70. The minimum Gasteiger partial charge on any atom is -0.347 e. The van der Waals surface area contributed by atoms with Crippen LogP contribution in [-0.2, 0) is 16.0 Å². The number of carbonyl (C=O) groups excluding carboxylic acids is 2. The third-order valence-electron chi connectivity index (χ3n) is 5.46. The topological polar surface area (TPSA) is 88.3 Å². The van der Waals surface area contributed by atoms with E-state index in [2.05, 4.69) is 15.5 Å². The number of nitrogens with zero attached hydrogens (tertiary/aromatic N) is 3. The van der Waals surface area contributed by atoms with E-state index in [0.717, 1.165) is 24.0 Å². The molecule has 0 bridgehead atoms. The molecular formula is C23H22Cl2N4O3. The van der Waals surface area contributed by atoms with Crippen LogP contribution in [-0.4, -0.2) is 46.5 Å². The third kappa shape index (κ3) is 5.66. The molecule has 2 aromatic carbocycles. The molecule has 0 atom stereocenters. The Labute approximate surface area is 195 Å². The Balaban J connectivity index is 1.23. The summed E-state index contributed by atoms with van der Waals surface area (Å²) in [7, 11) is 0. The molecule has 1 fully saturated rings. The smallest absolute Gasteiger partial charge is 0.241 e. The van der Waals surface area contributed by atoms with Crippen LogP contribution >= 0.6 is 23.2 Å². The quantitative estimate of drug-likeness (QED) is 0.582. The SMILES string of the molecule is O=C(Cc1ccc(Cl)cc1)NCC(=O)N1CCC(c2nc(-c3ccc(Cl)cc3)no2)CC1. The standard InChI is InChI=1S/C23H22Cl2N4O3/c24-18-5-1-15(2-6-18)13-20(30)26-14-21(31)29-11-9-17(10-12-29)23-27-22(28-32-23)16-3-7-19(25)8-4-16/h1-8,17H,9-14H2,(H,26,30). The number of likely N-dealkylation sites (tertiary alicyclic amines) is 1. The highest BCUT2D eigenvalue weighted by molar-refractivity contribution is 6.30. The van der Waals surface area contributed by atoms with Gasteiger partial charge in [0.15, 0.2) is 0 Å². The number of carbonyl (C=O) groups is 2. The summed E-state index contributed by atoms with van der Waals surface area (Å²) in [6.45, 7) is 1.14. The van der Waals surface area contributed by atoms with E-state index in [1.165, 1.54) is 0 Å². The van der Waals surface area contributed by atoms with Crippen molar-refractivity contribution in [2.75, 3.05) is 19.6 Å². The first-order valence-electron chi connectivity index (χ1n) is 10.4. The summed E-state index contributed by atoms with van der Waals surface area (Å²) >= 11 is 11.8. The van der Waals surface area contributed by atoms with Gasteiger partial charge in [0.25, 0.3) is 0 Å². The lowest BCUT2D eigenvalue weighted by Gasteiger charge is -2.30. The molecule has 0 unspecified atom stereocenters. The number of halogens is 2. The van der Waals surface area contributed by atoms with Crippen LogP contribution in [0.4, 0.5) is 0 Å². The molecule has 4 rings (SSSR count). The first-order chi connectivity index (χ1) is 15.5. The lowest BCUT2D eigenvalue weighted by atomic mass is 9.96. The van der Waals surface area contributed by atoms with Gasteiger partial charge in [-0.1, -0.05) is 40.5 Å². The Morgan fingerprint density at radius 3 is 2.28 bits per heavy atom. The molecule has 0 spiro atoms. The fraction of sp³-hybridized carbons (Fsp3) is 0.304. The van der Waals surface area contributed by atoms with E-state index in [-0.39, 0.29) is 30.7 Å². The molecule has 1 aliphatic rings. The second-order valence-corrected chi connectivity index (χ2v) is 8.57. The summed E-state index contributed by atoms with van der Waals surface area (Å²) in [6, 6.07) is 14.3. The molecular weight excluding hydrogens is 451 g/mol. The van der Waals surface area contributed by atoms with E-state index in [1.807, 2.05) is 12.1 Å². The third-order valence-corrected chi connectivity index (χ3v) is 5.96. The van der Waals surface area contributed by atoms with E-state index >= 15 is 0 Å². The molecule has 7 nitrogen and oxygen atoms in total. The zero-order valence-electron chi connectivity index (χ0n) is 17.3. The van der Waals surface area contributed by atoms with Gasteiger partial charge in [0, 0.05) is 34.6 Å². The Morgan fingerprint density at radius 1 is 1.00 bits per heavy atom. The van der Waals surface area contributed by atoms with Crippen molar-refractivity contribution in [3.05, 3.63) is 70.0 Å². The van der Waals surface area contributed by atoms with Crippen LogP contribution in [0.1, 0.15) is 30.2 Å². The Bertz CT molecular complexity index is 1080. The summed E-state index contributed by atoms with van der Waals surface area (Å²) in [5.74, 6) is 0.917. The van der Waals surface area contributed by atoms with Gasteiger partial charge in [0.1, 0.15) is 0 Å². The molecule has 9 heteroatoms. The van der Waals surface area contributed by atoms with Crippen LogP contribution in [0.3, 0.4) is 0 Å². The van der Waals surface area contributed by atoms with Gasteiger partial charge in [-0.2, -0.15) is 4.98 Å². The van der Waals surface area contributed by atoms with E-state index in [4.69, 9.17) is 27.7 Å². The van der Waals surface area contributed by atoms with Crippen molar-refractivity contribution in [1.82, 2.24) is 20.4 Å². The van der Waals surface area contributed by atoms with Crippen LogP contribution < -0.4 is 5.32 Å². The molecule has 0 radical (unpaired) electrons. The summed E-state index contributed by atoms with van der Waals surface area (Å²) in [5, 5.41) is 8.04. The number of aromatic nitrogens is 2. The number of hydrogen-bond acceptors (Lipinski definition) is 5. The van der Waals surface area contributed by atoms with Crippen molar-refractivity contribution in [2.24, 2.45) is 0 Å². The first kappa shape index (κ1) is 22.3. The lowest BCUT2D eigenvalue weighted by molar-refractivity contribution is -0.133. The van der Waals surface area contributed by atoms with Gasteiger partial charge < -0.3 is 14.7 Å². The highest BCUT2D eigenvalue weighted by Crippen LogP contribution is 2.28. The van der Waals surface area contributed by atoms with Gasteiger partial charge in [-0.05, 0) is 54.8 Å². The number of benzene rings is 2. The monoisotopic (exact) mass is 472 g/mol. The first-order valence-corrected chi connectivity index (χ1v) is 11.1. The molecule has 2 heterocycles. The fourth-order valence-corrected chi connectivity index (χ4v) is 3.88. The van der Waals surface area contributed by atoms with Gasteiger partial charge in [-0.15, -0.1) is 0 Å². The van der Waals surface area contributed by atoms with Crippen LogP contribution in [0.5, 0.6) is 0 Å². The van der Waals surface area contributed by atoms with Crippen molar-refractivity contribution in [2.45, 2.75) is 25.2 Å². The molecule has 1 aliphatic heterocycles. The Hall–Kier alpha value is -2.90. The van der Waals surface area contributed by atoms with Crippen molar-refractivity contribution in [3.63, 3.8) is 0 Å². The largest absolute Gasteiger partial charge is 0.347 e. The van der Waals surface area contributed by atoms with E-state index in [9.17, 15) is 9.59 Å². The van der Waals surface area contributed by atoms with Crippen LogP contribution in [0.15, 0.2) is 53.1 Å². The number of piperidine rings is 1. The molecule has 2 amide bonds. The van der Waals surface area contributed by atoms with E-state index in [1.54, 1.807) is 41.3 Å². The van der Waals surface area contributed by atoms with Crippen molar-refractivity contribution in [1.29, 1.82) is 0 Å². The minimum atomic E-state index is -0.198. The highest BCUT2D eigenvalue weighted by atomic mass is 35.5. The molecule has 0 aliphatic carbocycles. The van der Waals surface area contributed by atoms with Crippen molar-refractivity contribution < 1.29 is 14.1 Å². The predicted molar refractivity (Wildman–Crippen MR) is 121 cm³/mol. The van der Waals surface area contributed by atoms with E-state index in [0.29, 0.717) is 34.8 Å². The molecule has 1 aromatic heterocycles. The molecule has 32 heavy (non-hydrogen) atoms. The normalized spacial score (nSPS) is 14.4. The predicted octanol–water partition coefficient (Wildman–Crippen LogP) is 4.11. The molecule has 1 N–H and O–H groups in total. The summed E-state index contributed by atoms with van der Waals surface area (Å²) in [4.78, 5) is 30.9.